The molecule has 0 saturated heterocycles. The van der Waals surface area contributed by atoms with Crippen molar-refractivity contribution >= 4 is 0 Å². The minimum absolute atomic E-state index is 0.219. The van der Waals surface area contributed by atoms with Crippen molar-refractivity contribution in [3.05, 3.63) is 36.2 Å². The number of hydrogen-bond donors (Lipinski definition) is 1. The zero-order valence-corrected chi connectivity index (χ0v) is 10.3. The molecule has 16 heavy (non-hydrogen) atoms. The number of methoxy groups -OCH3 is 1. The quantitative estimate of drug-likeness (QED) is 0.748. The zero-order chi connectivity index (χ0) is 12.0. The van der Waals surface area contributed by atoms with Gasteiger partial charge in [0.05, 0.1) is 7.11 Å². The first kappa shape index (κ1) is 12.7. The van der Waals surface area contributed by atoms with Crippen LogP contribution in [0.15, 0.2) is 24.9 Å². The van der Waals surface area contributed by atoms with Crippen LogP contribution >= 0.6 is 0 Å². The molecule has 1 heterocycles. The van der Waals surface area contributed by atoms with Crippen LogP contribution in [-0.2, 0) is 6.42 Å². The lowest BCUT2D eigenvalue weighted by Gasteiger charge is -2.20. The molecule has 88 valence electrons. The normalized spacial score (nSPS) is 12.2. The van der Waals surface area contributed by atoms with E-state index in [1.165, 1.54) is 0 Å². The third kappa shape index (κ3) is 2.61. The average molecular weight is 220 g/mol. The van der Waals surface area contributed by atoms with E-state index in [1.54, 1.807) is 13.3 Å². The van der Waals surface area contributed by atoms with Gasteiger partial charge in [-0.3, -0.25) is 4.98 Å². The van der Waals surface area contributed by atoms with E-state index in [-0.39, 0.29) is 6.04 Å². The van der Waals surface area contributed by atoms with Crippen molar-refractivity contribution in [2.24, 2.45) is 0 Å². The third-order valence-electron chi connectivity index (χ3n) is 2.69. The van der Waals surface area contributed by atoms with Crippen molar-refractivity contribution in [1.82, 2.24) is 10.3 Å². The van der Waals surface area contributed by atoms with Gasteiger partial charge in [0.1, 0.15) is 5.75 Å². The second-order valence-electron chi connectivity index (χ2n) is 3.59. The number of aromatic nitrogens is 1. The van der Waals surface area contributed by atoms with Gasteiger partial charge in [-0.25, -0.2) is 0 Å². The van der Waals surface area contributed by atoms with Crippen molar-refractivity contribution in [3.63, 3.8) is 0 Å². The van der Waals surface area contributed by atoms with E-state index in [9.17, 15) is 0 Å². The highest BCUT2D eigenvalue weighted by molar-refractivity contribution is 5.39. The first-order valence-electron chi connectivity index (χ1n) is 5.58. The summed E-state index contributed by atoms with van der Waals surface area (Å²) in [5, 5.41) is 3.28. The lowest BCUT2D eigenvalue weighted by atomic mass is 9.99. The highest BCUT2D eigenvalue weighted by Gasteiger charge is 2.17. The SMILES string of the molecule is C=CC[C@@H](NC)c1c(OC)ccnc1CC. The monoisotopic (exact) mass is 220 g/mol. The van der Waals surface area contributed by atoms with E-state index in [0.717, 1.165) is 29.8 Å². The van der Waals surface area contributed by atoms with Crippen LogP contribution in [-0.4, -0.2) is 19.1 Å². The molecule has 1 aromatic heterocycles. The van der Waals surface area contributed by atoms with Gasteiger partial charge in [0.15, 0.2) is 0 Å². The average Bonchev–Trinajstić information content (AvgIpc) is 2.35. The maximum atomic E-state index is 5.40. The summed E-state index contributed by atoms with van der Waals surface area (Å²) in [6.45, 7) is 5.89. The fraction of sp³-hybridized carbons (Fsp3) is 0.462. The van der Waals surface area contributed by atoms with Crippen LogP contribution in [0.25, 0.3) is 0 Å². The van der Waals surface area contributed by atoms with Crippen molar-refractivity contribution < 1.29 is 4.74 Å². The van der Waals surface area contributed by atoms with E-state index in [4.69, 9.17) is 4.74 Å². The second kappa shape index (κ2) is 6.28. The van der Waals surface area contributed by atoms with Gasteiger partial charge in [-0.15, -0.1) is 6.58 Å². The number of hydrogen-bond acceptors (Lipinski definition) is 3. The maximum Gasteiger partial charge on any atom is 0.127 e. The standard InChI is InChI=1S/C13H20N2O/c1-5-7-11(14-3)13-10(6-2)15-9-8-12(13)16-4/h5,8-9,11,14H,1,6-7H2,2-4H3/t11-/m1/s1. The molecule has 3 nitrogen and oxygen atoms in total. The summed E-state index contributed by atoms with van der Waals surface area (Å²) in [5.74, 6) is 0.896. The van der Waals surface area contributed by atoms with Crippen LogP contribution in [0.4, 0.5) is 0 Å². The van der Waals surface area contributed by atoms with Crippen LogP contribution in [0.2, 0.25) is 0 Å². The molecule has 0 bridgehead atoms. The van der Waals surface area contributed by atoms with E-state index < -0.39 is 0 Å². The number of nitrogens with zero attached hydrogens (tertiary/aromatic N) is 1. The predicted molar refractivity (Wildman–Crippen MR) is 66.8 cm³/mol. The smallest absolute Gasteiger partial charge is 0.127 e. The Balaban J connectivity index is 3.19. The third-order valence-corrected chi connectivity index (χ3v) is 2.69. The fourth-order valence-corrected chi connectivity index (χ4v) is 1.88. The highest BCUT2D eigenvalue weighted by Crippen LogP contribution is 2.29. The summed E-state index contributed by atoms with van der Waals surface area (Å²) < 4.78 is 5.40. The molecular formula is C13H20N2O. The minimum Gasteiger partial charge on any atom is -0.496 e. The van der Waals surface area contributed by atoms with Gasteiger partial charge in [0, 0.05) is 23.5 Å². The summed E-state index contributed by atoms with van der Waals surface area (Å²) in [4.78, 5) is 4.40. The molecule has 1 atom stereocenters. The van der Waals surface area contributed by atoms with Gasteiger partial charge in [-0.1, -0.05) is 13.0 Å². The van der Waals surface area contributed by atoms with Crippen LogP contribution in [0.1, 0.15) is 30.6 Å². The molecule has 0 spiro atoms. The molecule has 0 aliphatic heterocycles. The van der Waals surface area contributed by atoms with Crippen LogP contribution in [0, 0.1) is 0 Å². The Bertz CT molecular complexity index is 328. The summed E-state index contributed by atoms with van der Waals surface area (Å²) >= 11 is 0. The lowest BCUT2D eigenvalue weighted by molar-refractivity contribution is 0.399. The van der Waals surface area contributed by atoms with Gasteiger partial charge < -0.3 is 10.1 Å². The Labute approximate surface area is 97.5 Å². The van der Waals surface area contributed by atoms with E-state index in [2.05, 4.69) is 23.8 Å². The molecule has 3 heteroatoms. The maximum absolute atomic E-state index is 5.40. The predicted octanol–water partition coefficient (Wildman–Crippen LogP) is 2.49. The number of rotatable bonds is 6. The summed E-state index contributed by atoms with van der Waals surface area (Å²) in [5.41, 5.74) is 2.23. The van der Waals surface area contributed by atoms with Gasteiger partial charge in [0.2, 0.25) is 0 Å². The van der Waals surface area contributed by atoms with E-state index in [1.807, 2.05) is 19.2 Å². The highest BCUT2D eigenvalue weighted by atomic mass is 16.5. The number of pyridine rings is 1. The van der Waals surface area contributed by atoms with Crippen LogP contribution in [0.3, 0.4) is 0 Å². The van der Waals surface area contributed by atoms with Gasteiger partial charge >= 0.3 is 0 Å². The fourth-order valence-electron chi connectivity index (χ4n) is 1.88. The molecule has 0 fully saturated rings. The van der Waals surface area contributed by atoms with Crippen molar-refractivity contribution in [3.8, 4) is 5.75 Å². The zero-order valence-electron chi connectivity index (χ0n) is 10.3. The van der Waals surface area contributed by atoms with Crippen LogP contribution < -0.4 is 10.1 Å². The van der Waals surface area contributed by atoms with Gasteiger partial charge in [-0.2, -0.15) is 0 Å². The summed E-state index contributed by atoms with van der Waals surface area (Å²) in [6.07, 6.45) is 5.47. The number of aryl methyl sites for hydroxylation is 1. The molecule has 1 N–H and O–H groups in total. The van der Waals surface area contributed by atoms with E-state index in [0.29, 0.717) is 0 Å². The molecule has 0 radical (unpaired) electrons. The first-order chi connectivity index (χ1) is 7.78. The Kier molecular flexibility index (Phi) is 4.99. The van der Waals surface area contributed by atoms with Gasteiger partial charge in [0.25, 0.3) is 0 Å². The summed E-state index contributed by atoms with van der Waals surface area (Å²) in [6, 6.07) is 2.12. The molecule has 1 rings (SSSR count). The number of nitrogens with one attached hydrogen (secondary N) is 1. The Morgan fingerprint density at radius 3 is 2.88 bits per heavy atom. The van der Waals surface area contributed by atoms with Crippen molar-refractivity contribution in [2.75, 3.05) is 14.2 Å². The van der Waals surface area contributed by atoms with Crippen LogP contribution in [0.5, 0.6) is 5.75 Å². The lowest BCUT2D eigenvalue weighted by Crippen LogP contribution is -2.18. The van der Waals surface area contributed by atoms with Crippen molar-refractivity contribution in [1.29, 1.82) is 0 Å². The molecule has 1 aromatic rings. The van der Waals surface area contributed by atoms with Gasteiger partial charge in [-0.05, 0) is 26.0 Å². The molecule has 0 aliphatic carbocycles. The summed E-state index contributed by atoms with van der Waals surface area (Å²) in [7, 11) is 3.64. The minimum atomic E-state index is 0.219. The van der Waals surface area contributed by atoms with Crippen molar-refractivity contribution in [2.45, 2.75) is 25.8 Å². The Morgan fingerprint density at radius 2 is 2.38 bits per heavy atom. The number of ether oxygens (including phenoxy) is 1. The topological polar surface area (TPSA) is 34.1 Å². The largest absolute Gasteiger partial charge is 0.496 e. The molecule has 0 aliphatic rings. The molecule has 0 unspecified atom stereocenters. The molecular weight excluding hydrogens is 200 g/mol. The Morgan fingerprint density at radius 1 is 1.62 bits per heavy atom. The van der Waals surface area contributed by atoms with E-state index >= 15 is 0 Å². The first-order valence-corrected chi connectivity index (χ1v) is 5.58. The second-order valence-corrected chi connectivity index (χ2v) is 3.59. The Hall–Kier alpha value is -1.35. The molecule has 0 aromatic carbocycles. The molecule has 0 saturated carbocycles. The molecule has 0 amide bonds.